The molecule has 1 N–H and O–H groups in total. The van der Waals surface area contributed by atoms with Crippen LogP contribution < -0.4 is 5.32 Å². The lowest BCUT2D eigenvalue weighted by Gasteiger charge is -2.15. The van der Waals surface area contributed by atoms with Gasteiger partial charge in [-0.3, -0.25) is 4.98 Å². The van der Waals surface area contributed by atoms with Gasteiger partial charge in [0.1, 0.15) is 0 Å². The molecule has 0 spiro atoms. The molecule has 2 rings (SSSR count). The van der Waals surface area contributed by atoms with Crippen LogP contribution in [0.25, 0.3) is 0 Å². The first-order valence-corrected chi connectivity index (χ1v) is 6.52. The van der Waals surface area contributed by atoms with Gasteiger partial charge in [-0.25, -0.2) is 4.98 Å². The highest BCUT2D eigenvalue weighted by Gasteiger charge is 2.13. The van der Waals surface area contributed by atoms with Crippen LogP contribution in [0.1, 0.15) is 26.5 Å². The normalized spacial score (nSPS) is 11.5. The summed E-state index contributed by atoms with van der Waals surface area (Å²) < 4.78 is 0. The predicted octanol–water partition coefficient (Wildman–Crippen LogP) is 3.87. The van der Waals surface area contributed by atoms with Crippen molar-refractivity contribution in [3.05, 3.63) is 35.6 Å². The molecule has 4 heteroatoms. The Kier molecular flexibility index (Phi) is 3.43. The van der Waals surface area contributed by atoms with E-state index in [1.54, 1.807) is 23.7 Å². The summed E-state index contributed by atoms with van der Waals surface area (Å²) in [5.74, 6) is 0. The summed E-state index contributed by atoms with van der Waals surface area (Å²) in [7, 11) is 0. The average Bonchev–Trinajstić information content (AvgIpc) is 2.64. The lowest BCUT2D eigenvalue weighted by Crippen LogP contribution is -2.09. The van der Waals surface area contributed by atoms with E-state index < -0.39 is 0 Å². The van der Waals surface area contributed by atoms with Gasteiger partial charge in [0.25, 0.3) is 0 Å². The van der Waals surface area contributed by atoms with Gasteiger partial charge in [0.2, 0.25) is 0 Å². The maximum absolute atomic E-state index is 4.57. The highest BCUT2D eigenvalue weighted by Crippen LogP contribution is 2.25. The van der Waals surface area contributed by atoms with Crippen molar-refractivity contribution in [2.75, 3.05) is 5.32 Å². The van der Waals surface area contributed by atoms with Crippen molar-refractivity contribution in [2.45, 2.75) is 27.2 Å². The summed E-state index contributed by atoms with van der Waals surface area (Å²) in [6.45, 7) is 6.67. The quantitative estimate of drug-likeness (QED) is 0.894. The van der Waals surface area contributed by atoms with Crippen molar-refractivity contribution in [1.29, 1.82) is 0 Å². The number of thiazole rings is 1. The number of aromatic nitrogens is 2. The van der Waals surface area contributed by atoms with E-state index in [9.17, 15) is 0 Å². The van der Waals surface area contributed by atoms with Crippen LogP contribution in [-0.4, -0.2) is 9.97 Å². The number of nitrogens with one attached hydrogen (secondary N) is 1. The third-order valence-corrected chi connectivity index (χ3v) is 2.98. The molecule has 0 radical (unpaired) electrons. The lowest BCUT2D eigenvalue weighted by atomic mass is 9.91. The molecule has 0 aliphatic rings. The number of nitrogens with zero attached hydrogens (tertiary/aromatic N) is 2. The minimum Gasteiger partial charge on any atom is -0.330 e. The topological polar surface area (TPSA) is 37.8 Å². The van der Waals surface area contributed by atoms with E-state index >= 15 is 0 Å². The Morgan fingerprint density at radius 3 is 2.82 bits per heavy atom. The minimum absolute atomic E-state index is 0.277. The predicted molar refractivity (Wildman–Crippen MR) is 72.8 cm³/mol. The van der Waals surface area contributed by atoms with Crippen molar-refractivity contribution in [3.8, 4) is 0 Å². The van der Waals surface area contributed by atoms with Crippen LogP contribution in [0, 0.1) is 5.41 Å². The van der Waals surface area contributed by atoms with E-state index in [0.29, 0.717) is 0 Å². The second-order valence-electron chi connectivity index (χ2n) is 5.25. The highest BCUT2D eigenvalue weighted by molar-refractivity contribution is 7.13. The second-order valence-corrected chi connectivity index (χ2v) is 6.11. The first kappa shape index (κ1) is 12.0. The third-order valence-electron chi connectivity index (χ3n) is 2.18. The molecule has 0 saturated carbocycles. The number of pyridine rings is 1. The van der Waals surface area contributed by atoms with Crippen molar-refractivity contribution >= 4 is 22.2 Å². The van der Waals surface area contributed by atoms with E-state index in [2.05, 4.69) is 41.4 Å². The molecule has 0 aromatic carbocycles. The zero-order valence-electron chi connectivity index (χ0n) is 10.4. The van der Waals surface area contributed by atoms with Crippen molar-refractivity contribution in [2.24, 2.45) is 5.41 Å². The van der Waals surface area contributed by atoms with Gasteiger partial charge in [0, 0.05) is 11.6 Å². The van der Waals surface area contributed by atoms with Gasteiger partial charge in [-0.2, -0.15) is 0 Å². The van der Waals surface area contributed by atoms with Crippen LogP contribution in [0.2, 0.25) is 0 Å². The smallest absolute Gasteiger partial charge is 0.187 e. The number of rotatable bonds is 3. The van der Waals surface area contributed by atoms with Crippen LogP contribution in [0.4, 0.5) is 10.8 Å². The molecule has 90 valence electrons. The van der Waals surface area contributed by atoms with E-state index in [-0.39, 0.29) is 5.41 Å². The molecule has 3 nitrogen and oxygen atoms in total. The molecule has 2 aromatic heterocycles. The van der Waals surface area contributed by atoms with Crippen molar-refractivity contribution < 1.29 is 0 Å². The monoisotopic (exact) mass is 247 g/mol. The first-order valence-electron chi connectivity index (χ1n) is 5.64. The Labute approximate surface area is 106 Å². The number of hydrogen-bond acceptors (Lipinski definition) is 4. The van der Waals surface area contributed by atoms with Crippen LogP contribution in [0.15, 0.2) is 29.9 Å². The Balaban J connectivity index is 2.04. The van der Waals surface area contributed by atoms with Gasteiger partial charge in [0.15, 0.2) is 5.13 Å². The molecule has 2 aromatic rings. The highest BCUT2D eigenvalue weighted by atomic mass is 32.1. The van der Waals surface area contributed by atoms with E-state index in [1.165, 1.54) is 0 Å². The number of hydrogen-bond donors (Lipinski definition) is 1. The van der Waals surface area contributed by atoms with E-state index in [1.807, 2.05) is 12.1 Å². The summed E-state index contributed by atoms with van der Waals surface area (Å²) in [5.41, 5.74) is 2.40. The first-order chi connectivity index (χ1) is 8.03. The molecule has 0 saturated heterocycles. The fraction of sp³-hybridized carbons (Fsp3) is 0.385. The number of anilines is 2. The molecule has 17 heavy (non-hydrogen) atoms. The Hall–Kier alpha value is -1.42. The van der Waals surface area contributed by atoms with Crippen LogP contribution in [0.3, 0.4) is 0 Å². The van der Waals surface area contributed by atoms with E-state index in [4.69, 9.17) is 0 Å². The van der Waals surface area contributed by atoms with Crippen LogP contribution >= 0.6 is 11.3 Å². The summed E-state index contributed by atoms with van der Waals surface area (Å²) in [6.07, 6.45) is 4.56. The molecule has 0 bridgehead atoms. The fourth-order valence-corrected chi connectivity index (χ4v) is 2.28. The zero-order chi connectivity index (χ0) is 12.3. The molecule has 2 heterocycles. The van der Waals surface area contributed by atoms with Gasteiger partial charge < -0.3 is 5.32 Å². The van der Waals surface area contributed by atoms with Crippen molar-refractivity contribution in [1.82, 2.24) is 9.97 Å². The van der Waals surface area contributed by atoms with Gasteiger partial charge in [-0.1, -0.05) is 20.8 Å². The van der Waals surface area contributed by atoms with Gasteiger partial charge in [-0.15, -0.1) is 11.3 Å². The summed E-state index contributed by atoms with van der Waals surface area (Å²) in [4.78, 5) is 8.63. The fourth-order valence-electron chi connectivity index (χ4n) is 1.55. The van der Waals surface area contributed by atoms with Gasteiger partial charge in [0.05, 0.1) is 17.6 Å². The SMILES string of the molecule is CC(C)(C)Cc1csc(Nc2cccnc2)n1. The van der Waals surface area contributed by atoms with Crippen LogP contribution in [0.5, 0.6) is 0 Å². The Morgan fingerprint density at radius 1 is 1.35 bits per heavy atom. The van der Waals surface area contributed by atoms with Crippen LogP contribution in [-0.2, 0) is 6.42 Å². The lowest BCUT2D eigenvalue weighted by molar-refractivity contribution is 0.407. The molecule has 0 fully saturated rings. The third kappa shape index (κ3) is 3.82. The second kappa shape index (κ2) is 4.84. The Bertz CT molecular complexity index is 471. The van der Waals surface area contributed by atoms with E-state index in [0.717, 1.165) is 22.9 Å². The van der Waals surface area contributed by atoms with Crippen molar-refractivity contribution in [3.63, 3.8) is 0 Å². The molecule has 0 amide bonds. The standard InChI is InChI=1S/C13H17N3S/c1-13(2,3)7-11-9-17-12(16-11)15-10-5-4-6-14-8-10/h4-6,8-9H,7H2,1-3H3,(H,15,16). The molecule has 0 aliphatic heterocycles. The maximum Gasteiger partial charge on any atom is 0.187 e. The molecular weight excluding hydrogens is 230 g/mol. The minimum atomic E-state index is 0.277. The largest absolute Gasteiger partial charge is 0.330 e. The zero-order valence-corrected chi connectivity index (χ0v) is 11.2. The Morgan fingerprint density at radius 2 is 2.18 bits per heavy atom. The summed E-state index contributed by atoms with van der Waals surface area (Å²) in [6, 6.07) is 3.89. The van der Waals surface area contributed by atoms with Gasteiger partial charge >= 0.3 is 0 Å². The molecule has 0 unspecified atom stereocenters. The summed E-state index contributed by atoms with van der Waals surface area (Å²) in [5, 5.41) is 6.30. The van der Waals surface area contributed by atoms with Gasteiger partial charge in [-0.05, 0) is 24.0 Å². The molecule has 0 atom stereocenters. The molecular formula is C13H17N3S. The maximum atomic E-state index is 4.57. The average molecular weight is 247 g/mol. The summed E-state index contributed by atoms with van der Waals surface area (Å²) >= 11 is 1.64. The molecule has 0 aliphatic carbocycles.